The van der Waals surface area contributed by atoms with Crippen molar-refractivity contribution in [2.45, 2.75) is 76.7 Å². The minimum atomic E-state index is -0.410. The zero-order chi connectivity index (χ0) is 46.0. The summed E-state index contributed by atoms with van der Waals surface area (Å²) in [6.45, 7) is 2.20. The molecule has 16 heteroatoms. The molecular formula is C51H43I6O9S+. The third kappa shape index (κ3) is 11.8. The second kappa shape index (κ2) is 22.6. The quantitative estimate of drug-likeness (QED) is 0.0828. The van der Waals surface area contributed by atoms with Gasteiger partial charge in [-0.3, -0.25) is 0 Å². The summed E-state index contributed by atoms with van der Waals surface area (Å²) in [6.07, 6.45) is 8.60. The van der Waals surface area contributed by atoms with Gasteiger partial charge in [-0.25, -0.2) is 0 Å². The molecule has 9 nitrogen and oxygen atoms in total. The van der Waals surface area contributed by atoms with Gasteiger partial charge in [0.2, 0.25) is 0 Å². The second-order valence-electron chi connectivity index (χ2n) is 16.3. The van der Waals surface area contributed by atoms with Gasteiger partial charge in [-0.1, -0.05) is 0 Å². The van der Waals surface area contributed by atoms with Crippen LogP contribution in [0.4, 0.5) is 0 Å². The van der Waals surface area contributed by atoms with Crippen LogP contribution in [-0.4, -0.2) is 38.7 Å². The maximum atomic E-state index is 6.69. The van der Waals surface area contributed by atoms with E-state index in [4.69, 9.17) is 42.6 Å². The molecule has 348 valence electrons. The van der Waals surface area contributed by atoms with E-state index in [2.05, 4.69) is 196 Å². The lowest BCUT2D eigenvalue weighted by Gasteiger charge is -2.24. The van der Waals surface area contributed by atoms with Gasteiger partial charge in [0.05, 0.1) is 52.0 Å². The maximum Gasteiger partial charge on any atom is 0.199 e. The van der Waals surface area contributed by atoms with Gasteiger partial charge >= 0.3 is 0 Å². The first-order valence-electron chi connectivity index (χ1n) is 22.1. The fourth-order valence-corrected chi connectivity index (χ4v) is 13.9. The molecule has 0 spiro atoms. The SMILES string of the molecule is Ic1cc(OC2CCCCO2)c(I)cc1Oc1ccc(-[s+]2c3ccc(Oc4cc(I)c(OC5CCCCO5)cc4I)cc3c3cc(Oc4cc(I)c(OC5CCCCO5)cc4I)ccc32)cc1. The van der Waals surface area contributed by atoms with Gasteiger partial charge < -0.3 is 42.6 Å². The van der Waals surface area contributed by atoms with E-state index in [0.717, 1.165) is 162 Å². The summed E-state index contributed by atoms with van der Waals surface area (Å²) in [7, 11) is -0.410. The number of rotatable bonds is 13. The molecule has 7 aromatic rings. The molecule has 67 heavy (non-hydrogen) atoms. The number of halogens is 6. The minimum absolute atomic E-state index is 0.206. The van der Waals surface area contributed by atoms with Gasteiger partial charge in [0.15, 0.2) is 33.2 Å². The number of hydrogen-bond acceptors (Lipinski definition) is 9. The van der Waals surface area contributed by atoms with Gasteiger partial charge in [-0.15, -0.1) is 0 Å². The zero-order valence-corrected chi connectivity index (χ0v) is 49.6. The summed E-state index contributed by atoms with van der Waals surface area (Å²) >= 11 is 13.9. The highest BCUT2D eigenvalue weighted by atomic mass is 127. The van der Waals surface area contributed by atoms with Crippen LogP contribution in [0, 0.1) is 21.4 Å². The fourth-order valence-electron chi connectivity index (χ4n) is 8.19. The second-order valence-corrected chi connectivity index (χ2v) is 25.2. The fraction of sp³-hybridized carbons (Fsp3) is 0.294. The number of fused-ring (bicyclic) bond motifs is 3. The van der Waals surface area contributed by atoms with Crippen LogP contribution >= 0.6 is 146 Å². The van der Waals surface area contributed by atoms with Crippen molar-refractivity contribution >= 4 is 166 Å². The van der Waals surface area contributed by atoms with Crippen LogP contribution in [0.15, 0.2) is 97.1 Å². The first-order valence-corrected chi connectivity index (χ1v) is 29.8. The molecule has 3 atom stereocenters. The minimum Gasteiger partial charge on any atom is -0.464 e. The number of hydrogen-bond donors (Lipinski definition) is 0. The van der Waals surface area contributed by atoms with Gasteiger partial charge in [0, 0.05) is 54.0 Å². The summed E-state index contributed by atoms with van der Waals surface area (Å²) in [5.41, 5.74) is 0. The normalized spacial score (nSPS) is 19.0. The van der Waals surface area contributed by atoms with E-state index < -0.39 is 10.5 Å². The van der Waals surface area contributed by atoms with Crippen molar-refractivity contribution in [1.29, 1.82) is 0 Å². The smallest absolute Gasteiger partial charge is 0.199 e. The Hall–Kier alpha value is -1.40. The molecule has 3 unspecified atom stereocenters. The molecule has 3 aliphatic heterocycles. The molecule has 6 aromatic carbocycles. The van der Waals surface area contributed by atoms with Crippen LogP contribution < -0.4 is 28.4 Å². The summed E-state index contributed by atoms with van der Waals surface area (Å²) < 4.78 is 64.5. The summed E-state index contributed by atoms with van der Waals surface area (Å²) in [6, 6.07) is 33.6. The molecule has 0 radical (unpaired) electrons. The third-order valence-electron chi connectivity index (χ3n) is 11.5. The highest BCUT2D eigenvalue weighted by molar-refractivity contribution is 14.1. The van der Waals surface area contributed by atoms with Crippen molar-refractivity contribution in [3.8, 4) is 56.6 Å². The third-order valence-corrected chi connectivity index (χ3v) is 18.9. The molecule has 0 N–H and O–H groups in total. The van der Waals surface area contributed by atoms with Gasteiger partial charge in [-0.2, -0.15) is 0 Å². The monoisotopic (exact) mass is 1590 g/mol. The molecule has 0 amide bonds. The highest BCUT2D eigenvalue weighted by Crippen LogP contribution is 2.51. The van der Waals surface area contributed by atoms with E-state index in [1.165, 1.54) is 14.3 Å². The van der Waals surface area contributed by atoms with Crippen LogP contribution in [0.2, 0.25) is 0 Å². The summed E-state index contributed by atoms with van der Waals surface area (Å²) in [5, 5.41) is 2.21. The van der Waals surface area contributed by atoms with Crippen molar-refractivity contribution in [1.82, 2.24) is 0 Å². The Labute approximate surface area is 474 Å². The molecule has 3 aliphatic rings. The first-order chi connectivity index (χ1) is 32.6. The van der Waals surface area contributed by atoms with Crippen LogP contribution in [0.1, 0.15) is 57.8 Å². The predicted molar refractivity (Wildman–Crippen MR) is 314 cm³/mol. The van der Waals surface area contributed by atoms with Crippen LogP contribution in [0.5, 0.6) is 51.7 Å². The molecule has 0 saturated carbocycles. The van der Waals surface area contributed by atoms with E-state index >= 15 is 0 Å². The molecule has 0 bridgehead atoms. The Kier molecular flexibility index (Phi) is 16.6. The van der Waals surface area contributed by atoms with Crippen molar-refractivity contribution < 1.29 is 42.6 Å². The van der Waals surface area contributed by atoms with Crippen LogP contribution in [-0.2, 0) is 14.2 Å². The summed E-state index contributed by atoms with van der Waals surface area (Å²) in [5.74, 6) is 7.00. The first kappa shape index (κ1) is 49.2. The van der Waals surface area contributed by atoms with Crippen LogP contribution in [0.25, 0.3) is 25.1 Å². The Morgan fingerprint density at radius 3 is 1.06 bits per heavy atom. The van der Waals surface area contributed by atoms with Crippen molar-refractivity contribution in [2.24, 2.45) is 0 Å². The Bertz CT molecular complexity index is 2780. The van der Waals surface area contributed by atoms with E-state index in [9.17, 15) is 0 Å². The predicted octanol–water partition coefficient (Wildman–Crippen LogP) is 17.5. The largest absolute Gasteiger partial charge is 0.464 e. The molecule has 4 heterocycles. The van der Waals surface area contributed by atoms with Crippen molar-refractivity contribution in [3.63, 3.8) is 0 Å². The Morgan fingerprint density at radius 1 is 0.373 bits per heavy atom. The van der Waals surface area contributed by atoms with E-state index in [-0.39, 0.29) is 18.9 Å². The molecular weight excluding hydrogens is 1550 g/mol. The van der Waals surface area contributed by atoms with Crippen LogP contribution in [0.3, 0.4) is 0 Å². The lowest BCUT2D eigenvalue weighted by molar-refractivity contribution is -0.106. The van der Waals surface area contributed by atoms with E-state index in [1.807, 2.05) is 36.4 Å². The van der Waals surface area contributed by atoms with Crippen molar-refractivity contribution in [3.05, 3.63) is 118 Å². The zero-order valence-electron chi connectivity index (χ0n) is 35.8. The van der Waals surface area contributed by atoms with Gasteiger partial charge in [0.25, 0.3) is 0 Å². The standard InChI is InChI=1S/C51H43I6O9S/c52-35-26-44(64-49-7-1-4-18-58-49)38(55)23-41(35)61-29-10-14-32(15-11-29)67-47-16-12-30(62-42-24-39(56)45(27-36(42)53)65-50-8-2-5-19-59-50)21-33(47)34-22-31(13-17-48(34)67)63-43-25-40(57)46(28-37(43)54)66-51-9-3-6-20-60-51/h10-17,21-28,49-51H,1-9,18-20H2/q+1. The molecule has 1 aromatic heterocycles. The number of ether oxygens (including phenoxy) is 9. The van der Waals surface area contributed by atoms with E-state index in [1.54, 1.807) is 0 Å². The Balaban J connectivity index is 0.959. The summed E-state index contributed by atoms with van der Waals surface area (Å²) in [4.78, 5) is 1.18. The number of thiophene rings is 1. The Morgan fingerprint density at radius 2 is 0.701 bits per heavy atom. The molecule has 10 rings (SSSR count). The van der Waals surface area contributed by atoms with E-state index in [0.29, 0.717) is 0 Å². The molecule has 0 aliphatic carbocycles. The van der Waals surface area contributed by atoms with Gasteiger partial charge in [0.1, 0.15) is 51.7 Å². The lowest BCUT2D eigenvalue weighted by atomic mass is 10.1. The maximum absolute atomic E-state index is 6.69. The topological polar surface area (TPSA) is 83.1 Å². The molecule has 3 saturated heterocycles. The van der Waals surface area contributed by atoms with Crippen molar-refractivity contribution in [2.75, 3.05) is 19.8 Å². The average molecular weight is 1590 g/mol. The molecule has 3 fully saturated rings. The number of benzene rings is 6. The average Bonchev–Trinajstić information content (AvgIpc) is 3.65. The van der Waals surface area contributed by atoms with Gasteiger partial charge in [-0.05, 0) is 247 Å². The highest BCUT2D eigenvalue weighted by Gasteiger charge is 2.27. The lowest BCUT2D eigenvalue weighted by Crippen LogP contribution is -2.25.